The maximum atomic E-state index is 12.0. The molecule has 1 amide bonds. The maximum absolute atomic E-state index is 12.0. The first-order valence-electron chi connectivity index (χ1n) is 6.00. The first kappa shape index (κ1) is 13.7. The fourth-order valence-electron chi connectivity index (χ4n) is 1.70. The number of halogens is 1. The Balaban J connectivity index is 1.78. The van der Waals surface area contributed by atoms with Crippen molar-refractivity contribution in [3.05, 3.63) is 59.0 Å². The van der Waals surface area contributed by atoms with Gasteiger partial charge in [-0.1, -0.05) is 23.7 Å². The molecule has 3 rings (SSSR count). The summed E-state index contributed by atoms with van der Waals surface area (Å²) in [5.74, 6) is -0.289. The van der Waals surface area contributed by atoms with E-state index in [4.69, 9.17) is 11.6 Å². The van der Waals surface area contributed by atoms with E-state index in [0.29, 0.717) is 15.7 Å². The summed E-state index contributed by atoms with van der Waals surface area (Å²) in [6.07, 6.45) is 4.28. The lowest BCUT2D eigenvalue weighted by atomic mass is 10.2. The second-order valence-corrected chi connectivity index (χ2v) is 5.42. The molecule has 0 saturated heterocycles. The van der Waals surface area contributed by atoms with Gasteiger partial charge in [0.05, 0.1) is 11.3 Å². The second-order valence-electron chi connectivity index (χ2n) is 4.13. The van der Waals surface area contributed by atoms with Gasteiger partial charge < -0.3 is 0 Å². The van der Waals surface area contributed by atoms with Gasteiger partial charge in [0.2, 0.25) is 0 Å². The van der Waals surface area contributed by atoms with Gasteiger partial charge in [-0.25, -0.2) is 15.0 Å². The lowest BCUT2D eigenvalue weighted by Crippen LogP contribution is -2.12. The van der Waals surface area contributed by atoms with Gasteiger partial charge >= 0.3 is 0 Å². The van der Waals surface area contributed by atoms with E-state index in [9.17, 15) is 4.79 Å². The molecule has 0 unspecified atom stereocenters. The molecule has 0 fully saturated rings. The number of aromatic nitrogens is 3. The molecule has 0 bridgehead atoms. The molecular weight excluding hydrogens is 308 g/mol. The van der Waals surface area contributed by atoms with Gasteiger partial charge in [-0.2, -0.15) is 0 Å². The van der Waals surface area contributed by atoms with E-state index >= 15 is 0 Å². The number of nitrogens with zero attached hydrogens (tertiary/aromatic N) is 3. The molecule has 0 aliphatic carbocycles. The minimum atomic E-state index is -0.289. The van der Waals surface area contributed by atoms with E-state index in [0.717, 1.165) is 11.3 Å². The lowest BCUT2D eigenvalue weighted by Gasteiger charge is -2.00. The van der Waals surface area contributed by atoms with E-state index < -0.39 is 0 Å². The van der Waals surface area contributed by atoms with E-state index in [2.05, 4.69) is 20.3 Å². The number of anilines is 1. The molecule has 5 nitrogen and oxygen atoms in total. The van der Waals surface area contributed by atoms with Crippen molar-refractivity contribution in [2.75, 3.05) is 5.32 Å². The SMILES string of the molecule is O=C(Nc1nc(-c2cccc(Cl)c2)cs1)c1cncnc1. The molecule has 0 aliphatic heterocycles. The minimum absolute atomic E-state index is 0.289. The standard InChI is InChI=1S/C14H9ClN4OS/c15-11-3-1-2-9(4-11)12-7-21-14(18-12)19-13(20)10-5-16-8-17-6-10/h1-8H,(H,18,19,20). The number of hydrogen-bond acceptors (Lipinski definition) is 5. The molecule has 7 heteroatoms. The fourth-order valence-corrected chi connectivity index (χ4v) is 2.60. The van der Waals surface area contributed by atoms with Gasteiger partial charge in [0, 0.05) is 28.4 Å². The van der Waals surface area contributed by atoms with Crippen LogP contribution < -0.4 is 5.32 Å². The van der Waals surface area contributed by atoms with Crippen LogP contribution in [-0.4, -0.2) is 20.9 Å². The molecule has 0 atom stereocenters. The normalized spacial score (nSPS) is 10.3. The quantitative estimate of drug-likeness (QED) is 0.803. The number of benzene rings is 1. The third-order valence-electron chi connectivity index (χ3n) is 2.67. The predicted molar refractivity (Wildman–Crippen MR) is 82.5 cm³/mol. The number of nitrogens with one attached hydrogen (secondary N) is 1. The molecule has 1 N–H and O–H groups in total. The summed E-state index contributed by atoms with van der Waals surface area (Å²) in [4.78, 5) is 24.0. The number of carbonyl (C=O) groups is 1. The largest absolute Gasteiger partial charge is 0.298 e. The minimum Gasteiger partial charge on any atom is -0.298 e. The van der Waals surface area contributed by atoms with Crippen LogP contribution in [0, 0.1) is 0 Å². The van der Waals surface area contributed by atoms with Crippen molar-refractivity contribution in [3.8, 4) is 11.3 Å². The van der Waals surface area contributed by atoms with Crippen molar-refractivity contribution in [1.29, 1.82) is 0 Å². The third-order valence-corrected chi connectivity index (χ3v) is 3.66. The van der Waals surface area contributed by atoms with Crippen LogP contribution in [0.25, 0.3) is 11.3 Å². The fraction of sp³-hybridized carbons (Fsp3) is 0. The monoisotopic (exact) mass is 316 g/mol. The highest BCUT2D eigenvalue weighted by Crippen LogP contribution is 2.26. The number of amides is 1. The van der Waals surface area contributed by atoms with Crippen LogP contribution in [0.3, 0.4) is 0 Å². The molecule has 0 radical (unpaired) electrons. The first-order valence-corrected chi connectivity index (χ1v) is 7.26. The zero-order chi connectivity index (χ0) is 14.7. The van der Waals surface area contributed by atoms with Crippen molar-refractivity contribution in [1.82, 2.24) is 15.0 Å². The third kappa shape index (κ3) is 3.24. The average molecular weight is 317 g/mol. The van der Waals surface area contributed by atoms with Crippen LogP contribution in [-0.2, 0) is 0 Å². The Morgan fingerprint density at radius 2 is 2.05 bits per heavy atom. The first-order chi connectivity index (χ1) is 10.2. The average Bonchev–Trinajstić information content (AvgIpc) is 2.97. The van der Waals surface area contributed by atoms with Gasteiger partial charge in [-0.05, 0) is 12.1 Å². The van der Waals surface area contributed by atoms with Gasteiger partial charge in [0.25, 0.3) is 5.91 Å². The van der Waals surface area contributed by atoms with E-state index in [1.807, 2.05) is 23.6 Å². The molecular formula is C14H9ClN4OS. The zero-order valence-electron chi connectivity index (χ0n) is 10.7. The van der Waals surface area contributed by atoms with Crippen LogP contribution in [0.15, 0.2) is 48.4 Å². The van der Waals surface area contributed by atoms with E-state index in [1.165, 1.54) is 30.1 Å². The van der Waals surface area contributed by atoms with E-state index in [-0.39, 0.29) is 5.91 Å². The summed E-state index contributed by atoms with van der Waals surface area (Å²) >= 11 is 7.30. The molecule has 0 saturated carbocycles. The second kappa shape index (κ2) is 5.99. The molecule has 2 heterocycles. The van der Waals surface area contributed by atoms with Gasteiger partial charge in [-0.15, -0.1) is 11.3 Å². The number of thiazole rings is 1. The van der Waals surface area contributed by atoms with Gasteiger partial charge in [0.15, 0.2) is 5.13 Å². The van der Waals surface area contributed by atoms with Crippen LogP contribution in [0.1, 0.15) is 10.4 Å². The van der Waals surface area contributed by atoms with Crippen LogP contribution in [0.2, 0.25) is 5.02 Å². The van der Waals surface area contributed by atoms with Gasteiger partial charge in [-0.3, -0.25) is 10.1 Å². The molecule has 21 heavy (non-hydrogen) atoms. The van der Waals surface area contributed by atoms with Crippen molar-refractivity contribution in [3.63, 3.8) is 0 Å². The zero-order valence-corrected chi connectivity index (χ0v) is 12.2. The Kier molecular flexibility index (Phi) is 3.89. The summed E-state index contributed by atoms with van der Waals surface area (Å²) in [6.45, 7) is 0. The van der Waals surface area contributed by atoms with Crippen LogP contribution >= 0.6 is 22.9 Å². The lowest BCUT2D eigenvalue weighted by molar-refractivity contribution is 0.102. The summed E-state index contributed by atoms with van der Waals surface area (Å²) in [6, 6.07) is 7.40. The highest BCUT2D eigenvalue weighted by molar-refractivity contribution is 7.14. The number of carbonyl (C=O) groups excluding carboxylic acids is 1. The topological polar surface area (TPSA) is 67.8 Å². The maximum Gasteiger partial charge on any atom is 0.260 e. The van der Waals surface area contributed by atoms with Crippen LogP contribution in [0.5, 0.6) is 0 Å². The highest BCUT2D eigenvalue weighted by atomic mass is 35.5. The molecule has 104 valence electrons. The Morgan fingerprint density at radius 3 is 2.81 bits per heavy atom. The summed E-state index contributed by atoms with van der Waals surface area (Å²) in [5, 5.41) is 5.74. The Morgan fingerprint density at radius 1 is 1.24 bits per heavy atom. The van der Waals surface area contributed by atoms with E-state index in [1.54, 1.807) is 6.07 Å². The molecule has 0 spiro atoms. The molecule has 1 aromatic carbocycles. The Labute approximate surface area is 129 Å². The van der Waals surface area contributed by atoms with Crippen molar-refractivity contribution in [2.45, 2.75) is 0 Å². The van der Waals surface area contributed by atoms with Crippen molar-refractivity contribution >= 4 is 34.0 Å². The molecule has 2 aromatic heterocycles. The molecule has 3 aromatic rings. The van der Waals surface area contributed by atoms with Gasteiger partial charge in [0.1, 0.15) is 6.33 Å². The van der Waals surface area contributed by atoms with Crippen LogP contribution in [0.4, 0.5) is 5.13 Å². The summed E-state index contributed by atoms with van der Waals surface area (Å²) in [7, 11) is 0. The predicted octanol–water partition coefficient (Wildman–Crippen LogP) is 3.51. The number of rotatable bonds is 3. The van der Waals surface area contributed by atoms with Crippen molar-refractivity contribution < 1.29 is 4.79 Å². The smallest absolute Gasteiger partial charge is 0.260 e. The molecule has 0 aliphatic rings. The summed E-state index contributed by atoms with van der Waals surface area (Å²) in [5.41, 5.74) is 2.06. The Hall–Kier alpha value is -2.31. The van der Waals surface area contributed by atoms with Crippen molar-refractivity contribution in [2.24, 2.45) is 0 Å². The Bertz CT molecular complexity index is 775. The highest BCUT2D eigenvalue weighted by Gasteiger charge is 2.10. The number of hydrogen-bond donors (Lipinski definition) is 1. The summed E-state index contributed by atoms with van der Waals surface area (Å²) < 4.78 is 0.